The van der Waals surface area contributed by atoms with E-state index in [2.05, 4.69) is 10.3 Å². The minimum atomic E-state index is -0.284. The van der Waals surface area contributed by atoms with Gasteiger partial charge in [0.15, 0.2) is 0 Å². The molecule has 2 aromatic heterocycles. The third-order valence-electron chi connectivity index (χ3n) is 6.07. The maximum atomic E-state index is 12.9. The summed E-state index contributed by atoms with van der Waals surface area (Å²) in [5.74, 6) is 1.71. The standard InChI is InChI=1S/C25H27N5O2/c31-25(22-9-5-15-32-22)30-14-4-6-19(17-30)24-28-21(18-10-12-26-13-11-18)16-23(29-24)27-20-7-2-1-3-8-20/h1-3,7-8,10-13,16,19,22H,4-6,9,14-15,17H2,(H,27,28,29)/t19-,22-/m1/s1. The molecule has 0 spiro atoms. The van der Waals surface area contributed by atoms with Crippen molar-refractivity contribution >= 4 is 17.4 Å². The highest BCUT2D eigenvalue weighted by atomic mass is 16.5. The Morgan fingerprint density at radius 3 is 2.66 bits per heavy atom. The van der Waals surface area contributed by atoms with Crippen LogP contribution in [0.1, 0.15) is 37.4 Å². The fourth-order valence-corrected chi connectivity index (χ4v) is 4.42. The predicted octanol–water partition coefficient (Wildman–Crippen LogP) is 4.17. The van der Waals surface area contributed by atoms with Crippen molar-refractivity contribution in [1.82, 2.24) is 19.9 Å². The molecule has 0 unspecified atom stereocenters. The molecule has 2 aliphatic heterocycles. The molecule has 2 saturated heterocycles. The summed E-state index contributed by atoms with van der Waals surface area (Å²) in [6.45, 7) is 2.08. The van der Waals surface area contributed by atoms with E-state index in [1.54, 1.807) is 12.4 Å². The zero-order chi connectivity index (χ0) is 21.8. The first-order valence-corrected chi connectivity index (χ1v) is 11.3. The van der Waals surface area contributed by atoms with Gasteiger partial charge in [-0.3, -0.25) is 9.78 Å². The Morgan fingerprint density at radius 2 is 1.88 bits per heavy atom. The summed E-state index contributed by atoms with van der Waals surface area (Å²) in [5, 5.41) is 3.41. The molecular weight excluding hydrogens is 402 g/mol. The third kappa shape index (κ3) is 4.62. The van der Waals surface area contributed by atoms with Crippen molar-refractivity contribution in [3.05, 3.63) is 66.7 Å². The first-order chi connectivity index (χ1) is 15.8. The van der Waals surface area contributed by atoms with Crippen molar-refractivity contribution in [3.63, 3.8) is 0 Å². The van der Waals surface area contributed by atoms with Crippen LogP contribution in [0.3, 0.4) is 0 Å². The number of rotatable bonds is 5. The number of hydrogen-bond donors (Lipinski definition) is 1. The number of piperidine rings is 1. The van der Waals surface area contributed by atoms with Gasteiger partial charge in [-0.05, 0) is 49.9 Å². The van der Waals surface area contributed by atoms with Crippen LogP contribution in [0.4, 0.5) is 11.5 Å². The highest BCUT2D eigenvalue weighted by Crippen LogP contribution is 2.30. The summed E-state index contributed by atoms with van der Waals surface area (Å²) in [4.78, 5) is 28.8. The summed E-state index contributed by atoms with van der Waals surface area (Å²) in [5.41, 5.74) is 2.80. The van der Waals surface area contributed by atoms with Gasteiger partial charge in [0.25, 0.3) is 5.91 Å². The number of para-hydroxylation sites is 1. The Balaban J connectivity index is 1.44. The number of anilines is 2. The second-order valence-electron chi connectivity index (χ2n) is 8.35. The number of amides is 1. The van der Waals surface area contributed by atoms with Crippen LogP contribution in [-0.2, 0) is 9.53 Å². The van der Waals surface area contributed by atoms with Crippen LogP contribution in [0.2, 0.25) is 0 Å². The molecular formula is C25H27N5O2. The number of pyridine rings is 1. The highest BCUT2D eigenvalue weighted by Gasteiger charge is 2.33. The molecule has 1 N–H and O–H groups in total. The predicted molar refractivity (Wildman–Crippen MR) is 123 cm³/mol. The number of ether oxygens (including phenoxy) is 1. The second kappa shape index (κ2) is 9.44. The summed E-state index contributed by atoms with van der Waals surface area (Å²) in [7, 11) is 0. The molecule has 2 aliphatic rings. The molecule has 32 heavy (non-hydrogen) atoms. The van der Waals surface area contributed by atoms with Gasteiger partial charge in [0.1, 0.15) is 17.7 Å². The van der Waals surface area contributed by atoms with Crippen LogP contribution in [0.25, 0.3) is 11.3 Å². The van der Waals surface area contributed by atoms with Gasteiger partial charge in [0.05, 0.1) is 5.69 Å². The van der Waals surface area contributed by atoms with Crippen LogP contribution in [0.5, 0.6) is 0 Å². The number of nitrogens with zero attached hydrogens (tertiary/aromatic N) is 4. The fourth-order valence-electron chi connectivity index (χ4n) is 4.42. The highest BCUT2D eigenvalue weighted by molar-refractivity contribution is 5.81. The maximum Gasteiger partial charge on any atom is 0.251 e. The molecule has 7 nitrogen and oxygen atoms in total. The number of likely N-dealkylation sites (tertiary alicyclic amines) is 1. The van der Waals surface area contributed by atoms with Gasteiger partial charge in [0.2, 0.25) is 0 Å². The van der Waals surface area contributed by atoms with Gasteiger partial charge in [-0.1, -0.05) is 18.2 Å². The first-order valence-electron chi connectivity index (χ1n) is 11.3. The van der Waals surface area contributed by atoms with Gasteiger partial charge < -0.3 is 15.0 Å². The molecule has 1 amide bonds. The van der Waals surface area contributed by atoms with E-state index in [0.717, 1.165) is 60.8 Å². The normalized spacial score (nSPS) is 20.8. The summed E-state index contributed by atoms with van der Waals surface area (Å²) >= 11 is 0. The van der Waals surface area contributed by atoms with Gasteiger partial charge in [0, 0.05) is 55.3 Å². The van der Waals surface area contributed by atoms with E-state index in [4.69, 9.17) is 14.7 Å². The SMILES string of the molecule is O=C([C@H]1CCCO1)N1CCC[C@@H](c2nc(Nc3ccccc3)cc(-c3ccncc3)n2)C1. The van der Waals surface area contributed by atoms with Crippen LogP contribution >= 0.6 is 0 Å². The van der Waals surface area contributed by atoms with E-state index in [-0.39, 0.29) is 17.9 Å². The van der Waals surface area contributed by atoms with E-state index in [1.807, 2.05) is 53.4 Å². The number of carbonyl (C=O) groups is 1. The molecule has 7 heteroatoms. The summed E-state index contributed by atoms with van der Waals surface area (Å²) in [6.07, 6.45) is 6.92. The van der Waals surface area contributed by atoms with Crippen molar-refractivity contribution < 1.29 is 9.53 Å². The van der Waals surface area contributed by atoms with Gasteiger partial charge in [-0.2, -0.15) is 0 Å². The minimum absolute atomic E-state index is 0.0900. The zero-order valence-corrected chi connectivity index (χ0v) is 18.0. The Labute approximate surface area is 187 Å². The van der Waals surface area contributed by atoms with E-state index < -0.39 is 0 Å². The van der Waals surface area contributed by atoms with Crippen molar-refractivity contribution in [2.45, 2.75) is 37.7 Å². The van der Waals surface area contributed by atoms with Crippen molar-refractivity contribution in [2.24, 2.45) is 0 Å². The Bertz CT molecular complexity index is 1050. The molecule has 0 aliphatic carbocycles. The zero-order valence-electron chi connectivity index (χ0n) is 18.0. The lowest BCUT2D eigenvalue weighted by Gasteiger charge is -2.33. The minimum Gasteiger partial charge on any atom is -0.368 e. The quantitative estimate of drug-likeness (QED) is 0.656. The third-order valence-corrected chi connectivity index (χ3v) is 6.07. The number of benzene rings is 1. The van der Waals surface area contributed by atoms with E-state index in [9.17, 15) is 4.79 Å². The van der Waals surface area contributed by atoms with Crippen LogP contribution < -0.4 is 5.32 Å². The Hall–Kier alpha value is -3.32. The largest absolute Gasteiger partial charge is 0.368 e. The molecule has 0 radical (unpaired) electrons. The smallest absolute Gasteiger partial charge is 0.251 e. The number of nitrogens with one attached hydrogen (secondary N) is 1. The molecule has 2 atom stereocenters. The van der Waals surface area contributed by atoms with Crippen LogP contribution in [0, 0.1) is 0 Å². The maximum absolute atomic E-state index is 12.9. The lowest BCUT2D eigenvalue weighted by atomic mass is 9.96. The number of hydrogen-bond acceptors (Lipinski definition) is 6. The van der Waals surface area contributed by atoms with Gasteiger partial charge >= 0.3 is 0 Å². The van der Waals surface area contributed by atoms with Crippen LogP contribution in [0.15, 0.2) is 60.9 Å². The molecule has 0 bridgehead atoms. The second-order valence-corrected chi connectivity index (χ2v) is 8.35. The number of aromatic nitrogens is 3. The molecule has 2 fully saturated rings. The average Bonchev–Trinajstić information content (AvgIpc) is 3.40. The van der Waals surface area contributed by atoms with E-state index in [1.165, 1.54) is 0 Å². The molecule has 1 aromatic carbocycles. The molecule has 164 valence electrons. The lowest BCUT2D eigenvalue weighted by Crippen LogP contribution is -2.44. The van der Waals surface area contributed by atoms with Crippen LogP contribution in [-0.4, -0.2) is 51.6 Å². The first kappa shape index (κ1) is 20.6. The van der Waals surface area contributed by atoms with Crippen molar-refractivity contribution in [2.75, 3.05) is 25.0 Å². The molecule has 3 aromatic rings. The number of carbonyl (C=O) groups excluding carboxylic acids is 1. The van der Waals surface area contributed by atoms with Gasteiger partial charge in [-0.25, -0.2) is 9.97 Å². The summed E-state index contributed by atoms with van der Waals surface area (Å²) < 4.78 is 5.63. The molecule has 0 saturated carbocycles. The van der Waals surface area contributed by atoms with E-state index >= 15 is 0 Å². The van der Waals surface area contributed by atoms with Crippen molar-refractivity contribution in [3.8, 4) is 11.3 Å². The van der Waals surface area contributed by atoms with Gasteiger partial charge in [-0.15, -0.1) is 0 Å². The topological polar surface area (TPSA) is 80.2 Å². The summed E-state index contributed by atoms with van der Waals surface area (Å²) in [6, 6.07) is 15.9. The lowest BCUT2D eigenvalue weighted by molar-refractivity contribution is -0.142. The Morgan fingerprint density at radius 1 is 1.03 bits per heavy atom. The monoisotopic (exact) mass is 429 g/mol. The fraction of sp³-hybridized carbons (Fsp3) is 0.360. The van der Waals surface area contributed by atoms with E-state index in [0.29, 0.717) is 13.2 Å². The average molecular weight is 430 g/mol. The van der Waals surface area contributed by atoms with Crippen molar-refractivity contribution in [1.29, 1.82) is 0 Å². The molecule has 5 rings (SSSR count). The Kier molecular flexibility index (Phi) is 6.07. The molecule has 4 heterocycles.